The number of nitrogens with one attached hydrogen (secondary N) is 1. The fourth-order valence-electron chi connectivity index (χ4n) is 19.3. The highest BCUT2D eigenvalue weighted by Gasteiger charge is 2.31. The molecule has 33 heteroatoms. The van der Waals surface area contributed by atoms with Gasteiger partial charge in [0.05, 0.1) is 147 Å². The third-order valence-corrected chi connectivity index (χ3v) is 27.1. The van der Waals surface area contributed by atoms with Gasteiger partial charge in [-0.25, -0.2) is 42.4 Å². The molecule has 0 radical (unpaired) electrons. The van der Waals surface area contributed by atoms with Gasteiger partial charge in [-0.15, -0.1) is 0 Å². The molecule has 0 saturated carbocycles. The number of nitrogens with zero attached hydrogens (tertiary/aromatic N) is 26. The number of aryl methyl sites for hydroxylation is 3. The Morgan fingerprint density at radius 2 is 0.895 bits per heavy atom. The average molecular weight is 1800 g/mol. The summed E-state index contributed by atoms with van der Waals surface area (Å²) in [6.45, 7) is 23.0. The van der Waals surface area contributed by atoms with Crippen LogP contribution in [0.2, 0.25) is 0 Å². The van der Waals surface area contributed by atoms with E-state index in [2.05, 4.69) is 194 Å². The van der Waals surface area contributed by atoms with Crippen LogP contribution in [0.1, 0.15) is 55.3 Å². The number of ether oxygens (including phenoxy) is 3. The highest BCUT2D eigenvalue weighted by atomic mass is 19.1. The first-order chi connectivity index (χ1) is 64.6. The maximum atomic E-state index is 14.1. The number of methoxy groups -OCH3 is 3. The summed E-state index contributed by atoms with van der Waals surface area (Å²) < 4.78 is 38.5. The molecule has 0 unspecified atom stereocenters. The van der Waals surface area contributed by atoms with Crippen LogP contribution in [0.25, 0.3) is 111 Å². The summed E-state index contributed by atoms with van der Waals surface area (Å²) in [4.78, 5) is 68.3. The maximum Gasteiger partial charge on any atom is 0.241 e. The maximum absolute atomic E-state index is 14.1. The van der Waals surface area contributed by atoms with Crippen molar-refractivity contribution in [3.8, 4) is 61.8 Å². The Balaban J connectivity index is 0.000000119. The number of fused-ring (bicyclic) bond motifs is 8. The Kier molecular flexibility index (Phi) is 26.9. The Labute approximate surface area is 773 Å². The van der Waals surface area contributed by atoms with Crippen molar-refractivity contribution in [1.82, 2.24) is 108 Å². The lowest BCUT2D eigenvalue weighted by Gasteiger charge is -2.42. The minimum Gasteiger partial charge on any atom is -0.618 e. The molecule has 5 fully saturated rings. The Morgan fingerprint density at radius 3 is 1.39 bits per heavy atom. The summed E-state index contributed by atoms with van der Waals surface area (Å²) in [6.07, 6.45) is 35.2. The number of hydrogen-bond donors (Lipinski definition) is 1. The predicted octanol–water partition coefficient (Wildman–Crippen LogP) is 12.2. The average Bonchev–Trinajstić information content (AvgIpc) is 1.72. The Hall–Kier alpha value is -13.3. The molecule has 16 aromatic rings. The number of pyridine rings is 4. The molecule has 4 aromatic carbocycles. The lowest BCUT2D eigenvalue weighted by atomic mass is 10.0. The number of piperazine rings is 2. The number of halogens is 1. The molecular formula is C100H118FN27O5. The summed E-state index contributed by atoms with van der Waals surface area (Å²) in [5.74, 6) is 1.29. The van der Waals surface area contributed by atoms with E-state index in [1.54, 1.807) is 60.7 Å². The van der Waals surface area contributed by atoms with Crippen molar-refractivity contribution in [2.24, 2.45) is 0 Å². The monoisotopic (exact) mass is 1800 g/mol. The first-order valence-electron chi connectivity index (χ1n) is 46.0. The lowest BCUT2D eigenvalue weighted by molar-refractivity contribution is -0.576. The third-order valence-electron chi connectivity index (χ3n) is 27.1. The molecule has 5 aliphatic rings. The molecule has 21 rings (SSSR count). The van der Waals surface area contributed by atoms with E-state index in [1.165, 1.54) is 65.0 Å². The number of carbonyl (C=O) groups excluding carboxylic acids is 1. The zero-order valence-electron chi connectivity index (χ0n) is 78.3. The van der Waals surface area contributed by atoms with Crippen molar-refractivity contribution in [3.05, 3.63) is 206 Å². The van der Waals surface area contributed by atoms with Gasteiger partial charge in [0.15, 0.2) is 40.4 Å². The van der Waals surface area contributed by atoms with Gasteiger partial charge < -0.3 is 68.8 Å². The van der Waals surface area contributed by atoms with Crippen molar-refractivity contribution in [1.29, 1.82) is 0 Å². The molecule has 133 heavy (non-hydrogen) atoms. The molecule has 32 nitrogen and oxygen atoms in total. The molecule has 0 aliphatic carbocycles. The minimum atomic E-state index is -0.465. The lowest BCUT2D eigenvalue weighted by Crippen LogP contribution is -2.52. The number of piperidine rings is 3. The number of rotatable bonds is 20. The molecular weight excluding hydrogens is 1680 g/mol. The Morgan fingerprint density at radius 1 is 0.451 bits per heavy atom. The van der Waals surface area contributed by atoms with E-state index < -0.39 is 5.82 Å². The van der Waals surface area contributed by atoms with Crippen LogP contribution in [0.15, 0.2) is 178 Å². The highest BCUT2D eigenvalue weighted by molar-refractivity contribution is 6.02. The van der Waals surface area contributed by atoms with Gasteiger partial charge in [-0.1, -0.05) is 18.2 Å². The normalized spacial score (nSPS) is 16.0. The molecule has 690 valence electrons. The summed E-state index contributed by atoms with van der Waals surface area (Å²) in [5.41, 5.74) is 20.9. The van der Waals surface area contributed by atoms with E-state index in [4.69, 9.17) is 29.2 Å². The quantitative estimate of drug-likeness (QED) is 0.0548. The first kappa shape index (κ1) is 90.3. The van der Waals surface area contributed by atoms with Crippen molar-refractivity contribution in [2.75, 3.05) is 202 Å². The summed E-state index contributed by atoms with van der Waals surface area (Å²) in [6, 6.07) is 29.0. The first-order valence-corrected chi connectivity index (χ1v) is 46.0. The number of amides is 1. The molecule has 5 aliphatic heterocycles. The largest absolute Gasteiger partial charge is 0.618 e. The van der Waals surface area contributed by atoms with Crippen LogP contribution in [0.5, 0.6) is 17.2 Å². The molecule has 0 spiro atoms. The summed E-state index contributed by atoms with van der Waals surface area (Å²) in [5, 5.41) is 37.7. The third kappa shape index (κ3) is 19.3. The molecule has 5 saturated heterocycles. The molecule has 0 bridgehead atoms. The van der Waals surface area contributed by atoms with Gasteiger partial charge in [-0.2, -0.15) is 25.1 Å². The number of para-hydroxylation sites is 1. The zero-order chi connectivity index (χ0) is 92.2. The summed E-state index contributed by atoms with van der Waals surface area (Å²) in [7, 11) is 20.0. The van der Waals surface area contributed by atoms with E-state index >= 15 is 0 Å². The SMILES string of the molecule is COc1cc2c(-c3cnn4cc(N5CCC(N(C)CCN(C)C)CC5)cnc34)ccnc2cc1C.COc1cc2c(-c3cnn4cc(N5CCC(N6CCN(C)CC6)CC5)cnc34)cc[n+]([O-])c2cc1C.COc1cc2c(-c3cnn4cc(N5CCNCC5=O)cnc34)ccnc2cc1F.Cc1cc(-c2cnn3cc(N4CCC(N(C)CCN(C)C)CC4)cnc23)c2ccccc2n1. The minimum absolute atomic E-state index is 0.000899. The number of benzene rings is 4. The standard InChI is InChI=1S/C27H33N7O2.C27H35N7O.C26H33N7.C20H17FN6O2/c1-19-14-25-23(15-26(19)36-3)22(6-9-34(25)35)24-17-29-33-18-21(16-28-27(24)33)31-7-4-20(5-8-31)32-12-10-30(2)11-13-32;1-19-14-25-23(15-26(19)35-5)22(6-9-28-25)24-17-30-34-18-21(16-29-27(24)34)33-10-7-20(8-11-33)32(4)13-12-31(2)3;1-19-15-23(22-7-5-6-8-25(22)29-19)24-17-28-33-18-21(16-27-26(24)33)32-11-9-20(10-12-32)31(4)14-13-30(2)3;1-29-18-6-14-13(2-3-23-17(14)7-16(18)21)15-9-25-27-11-12(8-24-20(15)27)26-5-4-22-10-19(26)28/h6,9,14-18,20H,4-5,7-8,10-13H2,1-3H3;6,9,14-18,20H,7-8,10-13H2,1-5H3;5-8,15-18,20H,9-14H2,1-4H3;2-3,6-9,11,22H,4-5,10H2,1H3. The number of hydrogen-bond acceptors (Lipinski definition) is 26. The van der Waals surface area contributed by atoms with E-state index in [-0.39, 0.29) is 11.7 Å². The van der Waals surface area contributed by atoms with Crippen LogP contribution in [0.3, 0.4) is 0 Å². The molecule has 1 amide bonds. The van der Waals surface area contributed by atoms with Gasteiger partial charge in [0, 0.05) is 203 Å². The van der Waals surface area contributed by atoms with E-state index in [0.717, 1.165) is 229 Å². The van der Waals surface area contributed by atoms with Crippen LogP contribution in [0.4, 0.5) is 27.1 Å². The van der Waals surface area contributed by atoms with Crippen LogP contribution < -0.4 is 43.9 Å². The highest BCUT2D eigenvalue weighted by Crippen LogP contribution is 2.40. The fraction of sp³-hybridized carbons (Fsp3) is 0.390. The molecule has 0 atom stereocenters. The second kappa shape index (κ2) is 39.6. The van der Waals surface area contributed by atoms with Gasteiger partial charge in [0.2, 0.25) is 11.4 Å². The van der Waals surface area contributed by atoms with Crippen molar-refractivity contribution in [3.63, 3.8) is 0 Å². The van der Waals surface area contributed by atoms with Gasteiger partial charge in [0.1, 0.15) is 11.5 Å². The smallest absolute Gasteiger partial charge is 0.241 e. The van der Waals surface area contributed by atoms with Crippen LogP contribution in [0, 0.1) is 31.8 Å². The van der Waals surface area contributed by atoms with Gasteiger partial charge in [-0.05, 0) is 185 Å². The molecule has 12 aromatic heterocycles. The second-order valence-electron chi connectivity index (χ2n) is 36.1. The number of anilines is 4. The van der Waals surface area contributed by atoms with Crippen molar-refractivity contribution >= 4 is 94.9 Å². The van der Waals surface area contributed by atoms with Gasteiger partial charge >= 0.3 is 0 Å². The van der Waals surface area contributed by atoms with Crippen molar-refractivity contribution in [2.45, 2.75) is 77.4 Å². The molecule has 17 heterocycles. The van der Waals surface area contributed by atoms with E-state index in [9.17, 15) is 14.4 Å². The molecule has 1 N–H and O–H groups in total. The number of aromatic nitrogens is 16. The Bertz CT molecular complexity index is 6870. The van der Waals surface area contributed by atoms with Crippen molar-refractivity contribution < 1.29 is 28.1 Å². The van der Waals surface area contributed by atoms with Crippen LogP contribution >= 0.6 is 0 Å². The van der Waals surface area contributed by atoms with Crippen LogP contribution in [-0.4, -0.2) is 309 Å². The zero-order valence-corrected chi connectivity index (χ0v) is 78.3. The number of likely N-dealkylation sites (N-methyl/N-ethyl adjacent to an activating group) is 5. The van der Waals surface area contributed by atoms with E-state index in [1.807, 2.05) is 114 Å². The predicted molar refractivity (Wildman–Crippen MR) is 522 cm³/mol. The topological polar surface area (TPSA) is 276 Å². The van der Waals surface area contributed by atoms with Crippen LogP contribution in [-0.2, 0) is 4.79 Å². The fourth-order valence-corrected chi connectivity index (χ4v) is 19.3. The van der Waals surface area contributed by atoms with Gasteiger partial charge in [-0.3, -0.25) is 24.6 Å². The summed E-state index contributed by atoms with van der Waals surface area (Å²) >= 11 is 0. The van der Waals surface area contributed by atoms with E-state index in [0.29, 0.717) is 53.6 Å². The van der Waals surface area contributed by atoms with Gasteiger partial charge in [0.25, 0.3) is 0 Å². The number of carbonyl (C=O) groups is 1. The second-order valence-corrected chi connectivity index (χ2v) is 36.1.